The van der Waals surface area contributed by atoms with E-state index in [-0.39, 0.29) is 22.3 Å². The van der Waals surface area contributed by atoms with E-state index in [2.05, 4.69) is 0 Å². The minimum Gasteiger partial charge on any atom is -0.303 e. The molecule has 10 nitrogen and oxygen atoms in total. The Morgan fingerprint density at radius 1 is 0.667 bits per heavy atom. The molecule has 1 unspecified atom stereocenters. The maximum Gasteiger partial charge on any atom is 0.294 e. The van der Waals surface area contributed by atoms with E-state index in [0.717, 1.165) is 18.2 Å². The van der Waals surface area contributed by atoms with Crippen molar-refractivity contribution in [2.75, 3.05) is 0 Å². The van der Waals surface area contributed by atoms with Gasteiger partial charge in [-0.05, 0) is 43.3 Å². The lowest BCUT2D eigenvalue weighted by Gasteiger charge is -2.32. The van der Waals surface area contributed by atoms with Crippen LogP contribution in [0.15, 0.2) is 87.5 Å². The molecule has 0 aliphatic rings. The minimum atomic E-state index is -4.67. The van der Waals surface area contributed by atoms with Crippen LogP contribution in [0.25, 0.3) is 0 Å². The van der Waals surface area contributed by atoms with E-state index >= 15 is 0 Å². The number of carbonyl (C=O) groups excluding carboxylic acids is 1. The summed E-state index contributed by atoms with van der Waals surface area (Å²) in [6.07, 6.45) is 0.515. The van der Waals surface area contributed by atoms with Gasteiger partial charge in [-0.25, -0.2) is 0 Å². The van der Waals surface area contributed by atoms with Crippen molar-refractivity contribution < 1.29 is 43.7 Å². The first-order chi connectivity index (χ1) is 16.6. The zero-order valence-electron chi connectivity index (χ0n) is 18.7. The first-order valence-corrected chi connectivity index (χ1v) is 16.4. The van der Waals surface area contributed by atoms with Gasteiger partial charge in [0, 0.05) is 24.6 Å². The second-order valence-corrected chi connectivity index (χ2v) is 16.0. The first-order valence-electron chi connectivity index (χ1n) is 10.2. The molecule has 0 amide bonds. The Balaban J connectivity index is 2.58. The van der Waals surface area contributed by atoms with Gasteiger partial charge < -0.3 is 4.79 Å². The molecular formula is C22H22O10PS3+. The molecule has 3 aromatic rings. The largest absolute Gasteiger partial charge is 0.303 e. The van der Waals surface area contributed by atoms with Crippen LogP contribution in [-0.4, -0.2) is 50.9 Å². The average molecular weight is 574 g/mol. The second-order valence-electron chi connectivity index (χ2n) is 7.89. The number of hydrogen-bond donors (Lipinski definition) is 3. The van der Waals surface area contributed by atoms with Gasteiger partial charge in [0.25, 0.3) is 30.4 Å². The highest BCUT2D eigenvalue weighted by atomic mass is 32.2. The van der Waals surface area contributed by atoms with Crippen molar-refractivity contribution in [2.45, 2.75) is 33.7 Å². The lowest BCUT2D eigenvalue weighted by atomic mass is 10.3. The van der Waals surface area contributed by atoms with Gasteiger partial charge in [-0.2, -0.15) is 25.3 Å². The maximum absolute atomic E-state index is 11.9. The predicted octanol–water partition coefficient (Wildman–Crippen LogP) is 1.70. The number of rotatable bonds is 9. The van der Waals surface area contributed by atoms with E-state index in [9.17, 15) is 43.7 Å². The summed E-state index contributed by atoms with van der Waals surface area (Å²) in [5.41, 5.74) is -0.653. The zero-order valence-corrected chi connectivity index (χ0v) is 22.0. The monoisotopic (exact) mass is 573 g/mol. The Morgan fingerprint density at radius 3 is 1.22 bits per heavy atom. The minimum absolute atomic E-state index is 0.101. The fourth-order valence-corrected chi connectivity index (χ4v) is 10.8. The lowest BCUT2D eigenvalue weighted by molar-refractivity contribution is -0.107. The summed E-state index contributed by atoms with van der Waals surface area (Å²) < 4.78 is 101. The smallest absolute Gasteiger partial charge is 0.294 e. The van der Waals surface area contributed by atoms with Crippen LogP contribution in [0.1, 0.15) is 13.3 Å². The number of benzene rings is 3. The molecule has 3 aromatic carbocycles. The van der Waals surface area contributed by atoms with Crippen LogP contribution in [0.5, 0.6) is 0 Å². The summed E-state index contributed by atoms with van der Waals surface area (Å²) in [6, 6.07) is 15.5. The Bertz CT molecular complexity index is 1450. The third-order valence-corrected chi connectivity index (χ3v) is 13.0. The average Bonchev–Trinajstić information content (AvgIpc) is 2.79. The van der Waals surface area contributed by atoms with Crippen molar-refractivity contribution in [2.24, 2.45) is 0 Å². The Morgan fingerprint density at radius 2 is 0.972 bits per heavy atom. The van der Waals surface area contributed by atoms with Crippen LogP contribution >= 0.6 is 7.26 Å². The van der Waals surface area contributed by atoms with Gasteiger partial charge in [-0.1, -0.05) is 18.2 Å². The molecule has 0 aliphatic carbocycles. The summed E-state index contributed by atoms with van der Waals surface area (Å²) in [6.45, 7) is 1.66. The van der Waals surface area contributed by atoms with Gasteiger partial charge in [0.2, 0.25) is 0 Å². The number of carbonyl (C=O) groups is 1. The second kappa shape index (κ2) is 10.1. The lowest BCUT2D eigenvalue weighted by Crippen LogP contribution is -2.38. The van der Waals surface area contributed by atoms with Gasteiger partial charge >= 0.3 is 0 Å². The first kappa shape index (κ1) is 28.1. The molecule has 36 heavy (non-hydrogen) atoms. The molecule has 192 valence electrons. The van der Waals surface area contributed by atoms with Crippen molar-refractivity contribution in [3.8, 4) is 0 Å². The van der Waals surface area contributed by atoms with Crippen molar-refractivity contribution in [1.82, 2.24) is 0 Å². The molecule has 0 radical (unpaired) electrons. The van der Waals surface area contributed by atoms with E-state index in [1.54, 1.807) is 6.92 Å². The fourth-order valence-electron chi connectivity index (χ4n) is 4.10. The van der Waals surface area contributed by atoms with Crippen LogP contribution in [0, 0.1) is 0 Å². The molecule has 3 N–H and O–H groups in total. The molecular weight excluding hydrogens is 551 g/mol. The van der Waals surface area contributed by atoms with Gasteiger partial charge in [-0.3, -0.25) is 13.7 Å². The molecule has 0 saturated carbocycles. The highest BCUT2D eigenvalue weighted by molar-refractivity contribution is 7.96. The molecule has 0 bridgehead atoms. The molecule has 3 rings (SSSR count). The number of hydrogen-bond acceptors (Lipinski definition) is 7. The third kappa shape index (κ3) is 5.57. The zero-order chi connectivity index (χ0) is 26.9. The van der Waals surface area contributed by atoms with E-state index in [4.69, 9.17) is 0 Å². The van der Waals surface area contributed by atoms with Crippen LogP contribution in [0.3, 0.4) is 0 Å². The molecule has 0 aliphatic heterocycles. The van der Waals surface area contributed by atoms with Gasteiger partial charge in [0.05, 0.1) is 20.3 Å². The molecule has 1 atom stereocenters. The van der Waals surface area contributed by atoms with Gasteiger partial charge in [0.1, 0.15) is 29.5 Å². The van der Waals surface area contributed by atoms with Crippen LogP contribution in [0.4, 0.5) is 0 Å². The van der Waals surface area contributed by atoms with Crippen molar-refractivity contribution >= 4 is 59.8 Å². The molecule has 0 aromatic heterocycles. The molecule has 0 heterocycles. The Labute approximate surface area is 209 Å². The topological polar surface area (TPSA) is 180 Å². The summed E-state index contributed by atoms with van der Waals surface area (Å²) in [5.74, 6) is 0. The van der Waals surface area contributed by atoms with Crippen molar-refractivity contribution in [3.05, 3.63) is 72.8 Å². The van der Waals surface area contributed by atoms with Gasteiger partial charge in [0.15, 0.2) is 0 Å². The van der Waals surface area contributed by atoms with E-state index in [1.807, 2.05) is 0 Å². The Hall–Kier alpha value is -2.51. The van der Waals surface area contributed by atoms with E-state index in [1.165, 1.54) is 54.6 Å². The van der Waals surface area contributed by atoms with Crippen molar-refractivity contribution in [1.29, 1.82) is 0 Å². The van der Waals surface area contributed by atoms with Crippen LogP contribution in [-0.2, 0) is 35.1 Å². The molecule has 0 spiro atoms. The van der Waals surface area contributed by atoms with E-state index < -0.39 is 58.0 Å². The molecule has 0 fully saturated rings. The van der Waals surface area contributed by atoms with Crippen LogP contribution < -0.4 is 15.9 Å². The summed E-state index contributed by atoms with van der Waals surface area (Å²) in [7, 11) is -17.3. The highest BCUT2D eigenvalue weighted by Gasteiger charge is 2.51. The summed E-state index contributed by atoms with van der Waals surface area (Å²) >= 11 is 0. The quantitative estimate of drug-likeness (QED) is 0.194. The highest BCUT2D eigenvalue weighted by Crippen LogP contribution is 2.61. The Kier molecular flexibility index (Phi) is 7.87. The van der Waals surface area contributed by atoms with Crippen molar-refractivity contribution in [3.63, 3.8) is 0 Å². The van der Waals surface area contributed by atoms with Crippen LogP contribution in [0.2, 0.25) is 0 Å². The summed E-state index contributed by atoms with van der Waals surface area (Å²) in [5, 5.41) is 0.811. The number of aldehydes is 1. The normalized spacial score (nSPS) is 13.8. The predicted molar refractivity (Wildman–Crippen MR) is 135 cm³/mol. The maximum atomic E-state index is 11.9. The summed E-state index contributed by atoms with van der Waals surface area (Å²) in [4.78, 5) is 10.2. The fraction of sp³-hybridized carbons (Fsp3) is 0.136. The standard InChI is InChI=1S/C22H21O10PS3/c1-16(11-12-23)33(17-5-2-8-20(13-17)34(24,25)26,18-6-3-9-21(14-18)35(27,28)29)19-7-4-10-22(15-19)36(30,31)32/h2-10,12-16H,11H2,1H3,(H2-,24,25,26,27,28,29,30,31,32)/p+1. The SMILES string of the molecule is CC(CC=O)[P+](c1cccc(S(=O)(=O)O)c1)(c1cccc(S(=O)(=O)O)c1)c1cccc(S(=O)(=O)O)c1. The van der Waals surface area contributed by atoms with E-state index in [0.29, 0.717) is 6.29 Å². The molecule has 0 saturated heterocycles. The van der Waals surface area contributed by atoms with Gasteiger partial charge in [-0.15, -0.1) is 0 Å². The third-order valence-electron chi connectivity index (χ3n) is 5.67. The molecule has 14 heteroatoms.